The number of amidine groups is 1. The van der Waals surface area contributed by atoms with Crippen molar-refractivity contribution in [1.82, 2.24) is 5.32 Å². The molecule has 0 aromatic heterocycles. The third-order valence-electron chi connectivity index (χ3n) is 4.09. The zero-order chi connectivity index (χ0) is 17.2. The van der Waals surface area contributed by atoms with E-state index in [4.69, 9.17) is 25.0 Å². The summed E-state index contributed by atoms with van der Waals surface area (Å²) in [4.78, 5) is 36.5. The van der Waals surface area contributed by atoms with Gasteiger partial charge in [-0.1, -0.05) is 12.8 Å². The van der Waals surface area contributed by atoms with Crippen LogP contribution in [0.25, 0.3) is 0 Å². The molecule has 0 aromatic carbocycles. The maximum atomic E-state index is 11.3. The van der Waals surface area contributed by atoms with Crippen LogP contribution in [0.5, 0.6) is 0 Å². The lowest BCUT2D eigenvalue weighted by Gasteiger charge is -2.35. The van der Waals surface area contributed by atoms with Crippen molar-refractivity contribution in [2.24, 2.45) is 5.92 Å². The zero-order valence-corrected chi connectivity index (χ0v) is 14.1. The van der Waals surface area contributed by atoms with Crippen LogP contribution in [0.3, 0.4) is 0 Å². The first kappa shape index (κ1) is 19.8. The van der Waals surface area contributed by atoms with E-state index in [1.54, 1.807) is 6.92 Å². The lowest BCUT2D eigenvalue weighted by molar-refractivity contribution is 0.110. The van der Waals surface area contributed by atoms with Crippen LogP contribution in [0.1, 0.15) is 45.4 Å². The van der Waals surface area contributed by atoms with Gasteiger partial charge in [-0.05, 0) is 32.1 Å². The normalized spacial score (nSPS) is 24.1. The summed E-state index contributed by atoms with van der Waals surface area (Å²) in [6, 6.07) is -0.0935. The van der Waals surface area contributed by atoms with Crippen LogP contribution in [-0.4, -0.2) is 41.6 Å². The highest BCUT2D eigenvalue weighted by Crippen LogP contribution is 2.69. The molecule has 11 heteroatoms. The maximum absolute atomic E-state index is 11.3. The van der Waals surface area contributed by atoms with E-state index < -0.39 is 26.7 Å². The highest BCUT2D eigenvalue weighted by Gasteiger charge is 2.59. The second-order valence-electron chi connectivity index (χ2n) is 5.82. The number of hydrogen-bond acceptors (Lipinski definition) is 4. The topological polar surface area (TPSA) is 171 Å². The first-order valence-electron chi connectivity index (χ1n) is 7.04. The number of aliphatic hydroxyl groups is 1. The molecule has 1 rings (SSSR count). The molecule has 0 aromatic rings. The van der Waals surface area contributed by atoms with Gasteiger partial charge in [0.05, 0.1) is 5.84 Å². The van der Waals surface area contributed by atoms with E-state index in [9.17, 15) is 14.2 Å². The van der Waals surface area contributed by atoms with Crippen molar-refractivity contribution in [1.29, 1.82) is 5.41 Å². The molecule has 22 heavy (non-hydrogen) atoms. The molecule has 0 aliphatic heterocycles. The lowest BCUT2D eigenvalue weighted by atomic mass is 9.81. The van der Waals surface area contributed by atoms with Gasteiger partial charge in [0.1, 0.15) is 0 Å². The molecule has 0 heterocycles. The van der Waals surface area contributed by atoms with Crippen LogP contribution in [0.15, 0.2) is 0 Å². The summed E-state index contributed by atoms with van der Waals surface area (Å²) in [6.45, 7) is 1.58. The second kappa shape index (κ2) is 7.09. The Bertz CT molecular complexity index is 479. The molecule has 0 saturated heterocycles. The Kier molecular flexibility index (Phi) is 6.38. The van der Waals surface area contributed by atoms with Crippen molar-refractivity contribution < 1.29 is 33.8 Å². The third-order valence-corrected chi connectivity index (χ3v) is 7.97. The van der Waals surface area contributed by atoms with E-state index in [-0.39, 0.29) is 24.2 Å². The van der Waals surface area contributed by atoms with Crippen LogP contribution in [-0.2, 0) is 9.13 Å². The van der Waals surface area contributed by atoms with E-state index in [1.807, 2.05) is 0 Å². The molecular weight excluding hydrogens is 334 g/mol. The van der Waals surface area contributed by atoms with Crippen molar-refractivity contribution >= 4 is 21.0 Å². The second-order valence-corrected chi connectivity index (χ2v) is 9.83. The smallest absolute Gasteiger partial charge is 0.369 e. The van der Waals surface area contributed by atoms with E-state index >= 15 is 0 Å². The summed E-state index contributed by atoms with van der Waals surface area (Å²) in [6.07, 6.45) is 2.68. The van der Waals surface area contributed by atoms with Gasteiger partial charge in [0.25, 0.3) is 5.08 Å². The van der Waals surface area contributed by atoms with Gasteiger partial charge in [0, 0.05) is 12.5 Å². The molecule has 2 atom stereocenters. The van der Waals surface area contributed by atoms with Gasteiger partial charge in [-0.25, -0.2) is 0 Å². The molecule has 130 valence electrons. The summed E-state index contributed by atoms with van der Waals surface area (Å²) in [7, 11) is -10.8. The van der Waals surface area contributed by atoms with Crippen molar-refractivity contribution in [2.45, 2.75) is 56.6 Å². The van der Waals surface area contributed by atoms with Gasteiger partial charge < -0.3 is 30.0 Å². The Labute approximate surface area is 129 Å². The highest BCUT2D eigenvalue weighted by molar-refractivity contribution is 7.72. The lowest BCUT2D eigenvalue weighted by Crippen LogP contribution is -2.41. The van der Waals surface area contributed by atoms with Crippen molar-refractivity contribution in [3.63, 3.8) is 0 Å². The third kappa shape index (κ3) is 4.61. The molecule has 1 saturated carbocycles. The Morgan fingerprint density at radius 3 is 2.14 bits per heavy atom. The minimum Gasteiger partial charge on any atom is -0.371 e. The fourth-order valence-electron chi connectivity index (χ4n) is 2.86. The van der Waals surface area contributed by atoms with Crippen molar-refractivity contribution in [3.8, 4) is 0 Å². The fourth-order valence-corrected chi connectivity index (χ4v) is 5.06. The highest BCUT2D eigenvalue weighted by atomic mass is 31.2. The average Bonchev–Trinajstić information content (AvgIpc) is 2.34. The van der Waals surface area contributed by atoms with Crippen LogP contribution in [0.4, 0.5) is 0 Å². The minimum absolute atomic E-state index is 0.0532. The molecule has 1 aliphatic rings. The van der Waals surface area contributed by atoms with Gasteiger partial charge in [-0.15, -0.1) is 0 Å². The Hall–Kier alpha value is -0.270. The molecule has 7 N–H and O–H groups in total. The minimum atomic E-state index is -5.39. The van der Waals surface area contributed by atoms with Crippen molar-refractivity contribution in [3.05, 3.63) is 0 Å². The van der Waals surface area contributed by atoms with Gasteiger partial charge >= 0.3 is 15.2 Å². The molecule has 0 bridgehead atoms. The summed E-state index contributed by atoms with van der Waals surface area (Å²) < 4.78 is 22.7. The Balaban J connectivity index is 2.86. The fraction of sp³-hybridized carbons (Fsp3) is 0.909. The van der Waals surface area contributed by atoms with Gasteiger partial charge in [0.15, 0.2) is 0 Å². The summed E-state index contributed by atoms with van der Waals surface area (Å²) >= 11 is 0. The van der Waals surface area contributed by atoms with Gasteiger partial charge in [-0.2, -0.15) is 0 Å². The average molecular weight is 358 g/mol. The Morgan fingerprint density at radius 2 is 1.68 bits per heavy atom. The predicted molar refractivity (Wildman–Crippen MR) is 80.6 cm³/mol. The molecule has 9 nitrogen and oxygen atoms in total. The molecule has 1 aliphatic carbocycles. The number of rotatable bonds is 6. The van der Waals surface area contributed by atoms with Gasteiger partial charge in [0.2, 0.25) is 0 Å². The largest absolute Gasteiger partial charge is 0.371 e. The van der Waals surface area contributed by atoms with Gasteiger partial charge in [-0.3, -0.25) is 14.5 Å². The summed E-state index contributed by atoms with van der Waals surface area (Å²) in [5, 5.41) is 17.0. The molecular formula is C11H24N2O7P2. The molecule has 2 unspecified atom stereocenters. The standard InChI is InChI=1S/C11H24N2O7P2/c1-8(12)13-10-5-3-2-4-9(10)6-7-11(14,21(15,16)17)22(18,19)20/h9-10,14H,2-7H2,1H3,(H2,12,13)(H2,15,16,17)(H2,18,19,20). The number of nitrogens with one attached hydrogen (secondary N) is 2. The molecule has 1 fully saturated rings. The summed E-state index contributed by atoms with van der Waals surface area (Å²) in [5.41, 5.74) is 0. The van der Waals surface area contributed by atoms with Crippen LogP contribution in [0, 0.1) is 11.3 Å². The van der Waals surface area contributed by atoms with Crippen LogP contribution >= 0.6 is 15.2 Å². The van der Waals surface area contributed by atoms with E-state index in [2.05, 4.69) is 5.32 Å². The van der Waals surface area contributed by atoms with Crippen molar-refractivity contribution in [2.75, 3.05) is 0 Å². The zero-order valence-electron chi connectivity index (χ0n) is 12.3. The SMILES string of the molecule is CC(=N)NC1CCCCC1CCC(O)(P(=O)(O)O)P(=O)(O)O. The number of hydrogen-bond donors (Lipinski definition) is 7. The molecule has 0 amide bonds. The van der Waals surface area contributed by atoms with E-state index in [0.29, 0.717) is 6.42 Å². The molecule has 0 spiro atoms. The van der Waals surface area contributed by atoms with E-state index in [1.165, 1.54) is 0 Å². The molecule has 0 radical (unpaired) electrons. The Morgan fingerprint density at radius 1 is 1.18 bits per heavy atom. The van der Waals surface area contributed by atoms with Crippen LogP contribution < -0.4 is 5.32 Å². The first-order chi connectivity index (χ1) is 9.88. The summed E-state index contributed by atoms with van der Waals surface area (Å²) in [5.74, 6) is 0.149. The first-order valence-corrected chi connectivity index (χ1v) is 10.3. The maximum Gasteiger partial charge on any atom is 0.369 e. The predicted octanol–water partition coefficient (Wildman–Crippen LogP) is 0.914. The quantitative estimate of drug-likeness (QED) is 0.209. The van der Waals surface area contributed by atoms with Crippen LogP contribution in [0.2, 0.25) is 0 Å². The monoisotopic (exact) mass is 358 g/mol. The van der Waals surface area contributed by atoms with E-state index in [0.717, 1.165) is 19.3 Å².